The van der Waals surface area contributed by atoms with E-state index in [9.17, 15) is 0 Å². The van der Waals surface area contributed by atoms with Crippen molar-refractivity contribution >= 4 is 5.71 Å². The molecule has 3 fully saturated rings. The summed E-state index contributed by atoms with van der Waals surface area (Å²) in [6, 6.07) is 0.669. The van der Waals surface area contributed by atoms with Gasteiger partial charge in [-0.2, -0.15) is 0 Å². The van der Waals surface area contributed by atoms with Gasteiger partial charge in [0, 0.05) is 62.3 Å². The van der Waals surface area contributed by atoms with Crippen LogP contribution in [-0.4, -0.2) is 54.8 Å². The van der Waals surface area contributed by atoms with Crippen LogP contribution in [0.1, 0.15) is 46.5 Å². The highest BCUT2D eigenvalue weighted by Gasteiger charge is 2.65. The van der Waals surface area contributed by atoms with Gasteiger partial charge in [0.25, 0.3) is 0 Å². The zero-order chi connectivity index (χ0) is 25.9. The first kappa shape index (κ1) is 26.1. The molecule has 0 aromatic rings. The topological polar surface area (TPSA) is 42.9 Å². The Kier molecular flexibility index (Phi) is 7.95. The van der Waals surface area contributed by atoms with E-state index in [0.29, 0.717) is 12.0 Å². The molecule has 4 aliphatic rings. The van der Waals surface area contributed by atoms with Gasteiger partial charge in [0.1, 0.15) is 5.70 Å². The lowest BCUT2D eigenvalue weighted by Crippen LogP contribution is -2.50. The largest absolute Gasteiger partial charge is 0.382 e. The highest BCUT2D eigenvalue weighted by Crippen LogP contribution is 2.68. The Morgan fingerprint density at radius 3 is 2.58 bits per heavy atom. The molecule has 4 rings (SSSR count). The Morgan fingerprint density at radius 2 is 2.03 bits per heavy atom. The van der Waals surface area contributed by atoms with Crippen LogP contribution in [0.4, 0.5) is 0 Å². The number of likely N-dealkylation sites (N-methyl/N-ethyl adjacent to an activating group) is 1. The molecule has 0 spiro atoms. The molecule has 2 saturated carbocycles. The fraction of sp³-hybridized carbons (Fsp3) is 0.516. The molecular formula is C31H43N5. The van der Waals surface area contributed by atoms with Crippen molar-refractivity contribution in [3.8, 4) is 0 Å². The maximum atomic E-state index is 4.74. The van der Waals surface area contributed by atoms with E-state index in [1.807, 2.05) is 13.1 Å². The van der Waals surface area contributed by atoms with Crippen LogP contribution in [0.5, 0.6) is 0 Å². The number of piperazine rings is 1. The van der Waals surface area contributed by atoms with Crippen LogP contribution in [0.15, 0.2) is 89.0 Å². The Morgan fingerprint density at radius 1 is 1.28 bits per heavy atom. The average Bonchev–Trinajstić information content (AvgIpc) is 3.53. The first-order chi connectivity index (χ1) is 17.4. The maximum absolute atomic E-state index is 4.74. The van der Waals surface area contributed by atoms with E-state index >= 15 is 0 Å². The number of hydrogen-bond acceptors (Lipinski definition) is 5. The lowest BCUT2D eigenvalue weighted by atomic mass is 9.98. The molecule has 192 valence electrons. The van der Waals surface area contributed by atoms with Gasteiger partial charge in [-0.15, -0.1) is 11.5 Å². The van der Waals surface area contributed by atoms with Gasteiger partial charge in [0.15, 0.2) is 0 Å². The standard InChI is InChI=1S/C31H43N5/c1-8-23(12-13-24(22(5)6)26(9-2)32-7)35-16-18-36(19-17-35)29-14-15-31(20-25(29)31)30-21-33-27(10-3)28(11-4)34-30/h8,12-13,21-22,25,29,32,34H,1-2,4,10,14-20H2,3,5-7H3/b23-12+,24-13+. The summed E-state index contributed by atoms with van der Waals surface area (Å²) in [6.07, 6.45) is 13.1. The van der Waals surface area contributed by atoms with Gasteiger partial charge in [-0.1, -0.05) is 46.6 Å². The summed E-state index contributed by atoms with van der Waals surface area (Å²) in [5.74, 6) is 1.11. The van der Waals surface area contributed by atoms with Gasteiger partial charge in [0.2, 0.25) is 0 Å². The van der Waals surface area contributed by atoms with Gasteiger partial charge in [-0.3, -0.25) is 9.89 Å². The average molecular weight is 486 g/mol. The van der Waals surface area contributed by atoms with Crippen molar-refractivity contribution in [2.24, 2.45) is 22.2 Å². The van der Waals surface area contributed by atoms with E-state index in [2.05, 4.69) is 90.8 Å². The van der Waals surface area contributed by atoms with E-state index in [-0.39, 0.29) is 5.41 Å². The molecule has 0 amide bonds. The maximum Gasteiger partial charge on any atom is 0.103 e. The Bertz CT molecular complexity index is 1100. The first-order valence-corrected chi connectivity index (χ1v) is 13.5. The van der Waals surface area contributed by atoms with E-state index < -0.39 is 0 Å². The van der Waals surface area contributed by atoms with Crippen molar-refractivity contribution in [2.75, 3.05) is 33.2 Å². The van der Waals surface area contributed by atoms with Crippen molar-refractivity contribution in [3.63, 3.8) is 0 Å². The second kappa shape index (κ2) is 11.0. The third-order valence-corrected chi connectivity index (χ3v) is 8.56. The molecule has 5 nitrogen and oxygen atoms in total. The van der Waals surface area contributed by atoms with E-state index in [1.54, 1.807) is 0 Å². The molecule has 0 radical (unpaired) electrons. The predicted molar refractivity (Wildman–Crippen MR) is 151 cm³/mol. The van der Waals surface area contributed by atoms with Crippen molar-refractivity contribution in [1.29, 1.82) is 0 Å². The number of nitrogens with zero attached hydrogens (tertiary/aromatic N) is 3. The molecule has 5 heteroatoms. The Hall–Kier alpha value is -2.97. The van der Waals surface area contributed by atoms with Crippen LogP contribution in [0.25, 0.3) is 0 Å². The summed E-state index contributed by atoms with van der Waals surface area (Å²) in [4.78, 5) is 9.94. The second-order valence-electron chi connectivity index (χ2n) is 10.6. The van der Waals surface area contributed by atoms with Gasteiger partial charge in [-0.05, 0) is 55.2 Å². The van der Waals surface area contributed by atoms with Crippen molar-refractivity contribution in [1.82, 2.24) is 20.4 Å². The number of hydrogen-bond donors (Lipinski definition) is 2. The number of rotatable bonds is 9. The molecule has 2 aliphatic carbocycles. The fourth-order valence-electron chi connectivity index (χ4n) is 6.42. The zero-order valence-corrected chi connectivity index (χ0v) is 22.7. The van der Waals surface area contributed by atoms with Crippen LogP contribution in [0.2, 0.25) is 0 Å². The second-order valence-corrected chi connectivity index (χ2v) is 10.6. The molecule has 0 bridgehead atoms. The van der Waals surface area contributed by atoms with Gasteiger partial charge < -0.3 is 15.5 Å². The summed E-state index contributed by atoms with van der Waals surface area (Å²) in [5, 5.41) is 6.85. The van der Waals surface area contributed by atoms with E-state index in [4.69, 9.17) is 4.99 Å². The predicted octanol–water partition coefficient (Wildman–Crippen LogP) is 5.28. The molecule has 36 heavy (non-hydrogen) atoms. The number of nitrogens with one attached hydrogen (secondary N) is 2. The lowest BCUT2D eigenvalue weighted by Gasteiger charge is -2.40. The minimum absolute atomic E-state index is 0.278. The third-order valence-electron chi connectivity index (χ3n) is 8.56. The number of fused-ring (bicyclic) bond motifs is 1. The summed E-state index contributed by atoms with van der Waals surface area (Å²) in [6.45, 7) is 22.6. The molecule has 2 aliphatic heterocycles. The molecule has 0 aromatic heterocycles. The van der Waals surface area contributed by atoms with Gasteiger partial charge >= 0.3 is 0 Å². The normalized spacial score (nSPS) is 28.5. The summed E-state index contributed by atoms with van der Waals surface area (Å²) >= 11 is 0. The van der Waals surface area contributed by atoms with Crippen molar-refractivity contribution in [2.45, 2.75) is 52.5 Å². The molecular weight excluding hydrogens is 442 g/mol. The number of aliphatic imine (C=N–C) groups is 1. The van der Waals surface area contributed by atoms with Gasteiger partial charge in [0.05, 0.1) is 11.4 Å². The van der Waals surface area contributed by atoms with Crippen molar-refractivity contribution < 1.29 is 0 Å². The van der Waals surface area contributed by atoms with Gasteiger partial charge in [-0.25, -0.2) is 0 Å². The van der Waals surface area contributed by atoms with Crippen LogP contribution in [-0.2, 0) is 0 Å². The third kappa shape index (κ3) is 4.84. The smallest absolute Gasteiger partial charge is 0.103 e. The molecule has 1 saturated heterocycles. The fourth-order valence-corrected chi connectivity index (χ4v) is 6.42. The number of allylic oxidation sites excluding steroid dienone is 6. The van der Waals surface area contributed by atoms with E-state index in [1.165, 1.54) is 36.2 Å². The van der Waals surface area contributed by atoms with Crippen LogP contribution in [0, 0.1) is 17.3 Å². The quantitative estimate of drug-likeness (QED) is 0.345. The Balaban J connectivity index is 1.39. The molecule has 3 unspecified atom stereocenters. The monoisotopic (exact) mass is 485 g/mol. The van der Waals surface area contributed by atoms with Crippen molar-refractivity contribution in [3.05, 3.63) is 84.0 Å². The highest BCUT2D eigenvalue weighted by atomic mass is 15.3. The summed E-state index contributed by atoms with van der Waals surface area (Å²) < 4.78 is 0. The Labute approximate surface area is 218 Å². The van der Waals surface area contributed by atoms with E-state index in [0.717, 1.165) is 55.6 Å². The SMILES string of the molecule is C=C=C1NC(C23CCC(N4CCN(/C(C=C)=C/C=C(/C(=C=C)NC)C(C)C)CC4)C2C3)=CN=C1CC. The highest BCUT2D eigenvalue weighted by molar-refractivity contribution is 6.00. The molecule has 2 heterocycles. The van der Waals surface area contributed by atoms with Crippen LogP contribution in [0.3, 0.4) is 0 Å². The molecule has 3 atom stereocenters. The zero-order valence-electron chi connectivity index (χ0n) is 22.7. The minimum atomic E-state index is 0.278. The summed E-state index contributed by atoms with van der Waals surface area (Å²) in [5.41, 5.74) is 13.0. The first-order valence-electron chi connectivity index (χ1n) is 13.5. The molecule has 2 N–H and O–H groups in total. The van der Waals surface area contributed by atoms with Crippen LogP contribution < -0.4 is 10.6 Å². The molecule has 0 aromatic carbocycles. The minimum Gasteiger partial charge on any atom is -0.382 e. The van der Waals surface area contributed by atoms with Crippen LogP contribution >= 0.6 is 0 Å². The summed E-state index contributed by atoms with van der Waals surface area (Å²) in [7, 11) is 1.92. The lowest BCUT2D eigenvalue weighted by molar-refractivity contribution is 0.109.